The molecule has 1 rings (SSSR count). The lowest BCUT2D eigenvalue weighted by Crippen LogP contribution is -2.14. The van der Waals surface area contributed by atoms with Crippen LogP contribution in [0.2, 0.25) is 0 Å². The molecule has 1 aromatic rings. The van der Waals surface area contributed by atoms with Gasteiger partial charge in [0, 0.05) is 6.08 Å². The highest BCUT2D eigenvalue weighted by Gasteiger charge is 1.92. The SMILES string of the molecule is COc1ccc(C=CC(=O)NO)cc1. The quantitative estimate of drug-likeness (QED) is 0.431. The zero-order valence-electron chi connectivity index (χ0n) is 7.73. The summed E-state index contributed by atoms with van der Waals surface area (Å²) < 4.78 is 4.97. The third kappa shape index (κ3) is 2.91. The Morgan fingerprint density at radius 2 is 2.07 bits per heavy atom. The molecule has 4 heteroatoms. The van der Waals surface area contributed by atoms with Crippen LogP contribution in [-0.2, 0) is 4.79 Å². The second kappa shape index (κ2) is 5.04. The molecule has 14 heavy (non-hydrogen) atoms. The molecule has 0 bridgehead atoms. The lowest BCUT2D eigenvalue weighted by atomic mass is 10.2. The summed E-state index contributed by atoms with van der Waals surface area (Å²) >= 11 is 0. The van der Waals surface area contributed by atoms with Crippen LogP contribution in [0.25, 0.3) is 6.08 Å². The Labute approximate surface area is 81.8 Å². The van der Waals surface area contributed by atoms with Crippen molar-refractivity contribution in [1.82, 2.24) is 5.48 Å². The Kier molecular flexibility index (Phi) is 3.69. The van der Waals surface area contributed by atoms with Gasteiger partial charge in [0.1, 0.15) is 5.75 Å². The average Bonchev–Trinajstić information content (AvgIpc) is 2.26. The summed E-state index contributed by atoms with van der Waals surface area (Å²) in [4.78, 5) is 10.6. The van der Waals surface area contributed by atoms with Crippen molar-refractivity contribution in [1.29, 1.82) is 0 Å². The second-order valence-electron chi connectivity index (χ2n) is 2.58. The number of benzene rings is 1. The molecule has 4 nitrogen and oxygen atoms in total. The maximum atomic E-state index is 10.6. The standard InChI is InChI=1S/C10H11NO3/c1-14-9-5-2-8(3-6-9)4-7-10(12)11-13/h2-7,13H,1H3,(H,11,12). The van der Waals surface area contributed by atoms with Crippen molar-refractivity contribution in [2.45, 2.75) is 0 Å². The van der Waals surface area contributed by atoms with E-state index in [9.17, 15) is 4.79 Å². The number of carbonyl (C=O) groups is 1. The van der Waals surface area contributed by atoms with Crippen LogP contribution in [0.15, 0.2) is 30.3 Å². The Bertz CT molecular complexity index is 330. The highest BCUT2D eigenvalue weighted by molar-refractivity contribution is 5.90. The number of hydrogen-bond acceptors (Lipinski definition) is 3. The summed E-state index contributed by atoms with van der Waals surface area (Å²) in [5.74, 6) is 0.203. The van der Waals surface area contributed by atoms with Crippen LogP contribution >= 0.6 is 0 Å². The predicted molar refractivity (Wildman–Crippen MR) is 52.0 cm³/mol. The maximum Gasteiger partial charge on any atom is 0.267 e. The van der Waals surface area contributed by atoms with Crippen molar-refractivity contribution in [2.24, 2.45) is 0 Å². The number of methoxy groups -OCH3 is 1. The molecular weight excluding hydrogens is 182 g/mol. The van der Waals surface area contributed by atoms with Crippen molar-refractivity contribution in [3.05, 3.63) is 35.9 Å². The predicted octanol–water partition coefficient (Wildman–Crippen LogP) is 1.21. The largest absolute Gasteiger partial charge is 0.497 e. The first-order valence-electron chi connectivity index (χ1n) is 4.02. The van der Waals surface area contributed by atoms with Crippen LogP contribution in [0, 0.1) is 0 Å². The zero-order chi connectivity index (χ0) is 10.4. The van der Waals surface area contributed by atoms with E-state index in [1.54, 1.807) is 37.5 Å². The maximum absolute atomic E-state index is 10.6. The summed E-state index contributed by atoms with van der Waals surface area (Å²) in [6, 6.07) is 7.19. The molecule has 0 aliphatic heterocycles. The number of hydroxylamine groups is 1. The summed E-state index contributed by atoms with van der Waals surface area (Å²) in [6.07, 6.45) is 2.83. The number of hydrogen-bond donors (Lipinski definition) is 2. The van der Waals surface area contributed by atoms with Crippen molar-refractivity contribution in [3.63, 3.8) is 0 Å². The van der Waals surface area contributed by atoms with E-state index in [1.807, 2.05) is 0 Å². The number of ether oxygens (including phenoxy) is 1. The van der Waals surface area contributed by atoms with Gasteiger partial charge in [-0.25, -0.2) is 5.48 Å². The number of carbonyl (C=O) groups excluding carboxylic acids is 1. The van der Waals surface area contributed by atoms with Crippen LogP contribution in [0.5, 0.6) is 5.75 Å². The van der Waals surface area contributed by atoms with E-state index in [2.05, 4.69) is 0 Å². The fourth-order valence-electron chi connectivity index (χ4n) is 0.924. The van der Waals surface area contributed by atoms with Gasteiger partial charge in [-0.15, -0.1) is 0 Å². The first-order chi connectivity index (χ1) is 6.76. The van der Waals surface area contributed by atoms with Gasteiger partial charge in [-0.3, -0.25) is 10.0 Å². The lowest BCUT2D eigenvalue weighted by Gasteiger charge is -1.98. The fourth-order valence-corrected chi connectivity index (χ4v) is 0.924. The lowest BCUT2D eigenvalue weighted by molar-refractivity contribution is -0.124. The van der Waals surface area contributed by atoms with Crippen molar-refractivity contribution in [3.8, 4) is 5.75 Å². The summed E-state index contributed by atoms with van der Waals surface area (Å²) in [5, 5.41) is 8.22. The van der Waals surface area contributed by atoms with Gasteiger partial charge in [0.25, 0.3) is 5.91 Å². The molecule has 0 aliphatic rings. The minimum absolute atomic E-state index is 0.555. The molecule has 0 radical (unpaired) electrons. The second-order valence-corrected chi connectivity index (χ2v) is 2.58. The van der Waals surface area contributed by atoms with Crippen molar-refractivity contribution < 1.29 is 14.7 Å². The van der Waals surface area contributed by atoms with E-state index >= 15 is 0 Å². The highest BCUT2D eigenvalue weighted by atomic mass is 16.5. The van der Waals surface area contributed by atoms with Crippen LogP contribution in [0.4, 0.5) is 0 Å². The molecule has 2 N–H and O–H groups in total. The molecule has 0 saturated heterocycles. The van der Waals surface area contributed by atoms with E-state index in [0.29, 0.717) is 0 Å². The molecule has 0 aromatic heterocycles. The van der Waals surface area contributed by atoms with E-state index in [-0.39, 0.29) is 0 Å². The molecule has 0 saturated carbocycles. The van der Waals surface area contributed by atoms with Gasteiger partial charge < -0.3 is 4.74 Å². The monoisotopic (exact) mass is 193 g/mol. The van der Waals surface area contributed by atoms with Gasteiger partial charge in [0.05, 0.1) is 7.11 Å². The molecule has 1 aromatic carbocycles. The van der Waals surface area contributed by atoms with E-state index in [1.165, 1.54) is 11.6 Å². The molecule has 0 fully saturated rings. The molecule has 0 heterocycles. The minimum Gasteiger partial charge on any atom is -0.497 e. The van der Waals surface area contributed by atoms with Crippen LogP contribution in [-0.4, -0.2) is 18.2 Å². The Balaban J connectivity index is 2.68. The zero-order valence-corrected chi connectivity index (χ0v) is 7.73. The molecule has 1 amide bonds. The highest BCUT2D eigenvalue weighted by Crippen LogP contribution is 2.11. The summed E-state index contributed by atoms with van der Waals surface area (Å²) in [6.45, 7) is 0. The normalized spacial score (nSPS) is 10.1. The van der Waals surface area contributed by atoms with Gasteiger partial charge >= 0.3 is 0 Å². The van der Waals surface area contributed by atoms with E-state index in [0.717, 1.165) is 11.3 Å². The van der Waals surface area contributed by atoms with Crippen LogP contribution < -0.4 is 10.2 Å². The van der Waals surface area contributed by atoms with Gasteiger partial charge in [-0.05, 0) is 23.8 Å². The fraction of sp³-hybridized carbons (Fsp3) is 0.100. The first-order valence-corrected chi connectivity index (χ1v) is 4.02. The van der Waals surface area contributed by atoms with Gasteiger partial charge in [0.2, 0.25) is 0 Å². The molecule has 74 valence electrons. The molecule has 0 aliphatic carbocycles. The van der Waals surface area contributed by atoms with Gasteiger partial charge in [0.15, 0.2) is 0 Å². The first kappa shape index (κ1) is 10.3. The molecule has 0 spiro atoms. The number of amides is 1. The van der Waals surface area contributed by atoms with Gasteiger partial charge in [-0.2, -0.15) is 0 Å². The topological polar surface area (TPSA) is 58.6 Å². The Hall–Kier alpha value is -1.81. The third-order valence-electron chi connectivity index (χ3n) is 1.65. The van der Waals surface area contributed by atoms with E-state index in [4.69, 9.17) is 9.94 Å². The molecule has 0 unspecified atom stereocenters. The molecule has 0 atom stereocenters. The Morgan fingerprint density at radius 1 is 1.43 bits per heavy atom. The van der Waals surface area contributed by atoms with Crippen molar-refractivity contribution in [2.75, 3.05) is 7.11 Å². The number of rotatable bonds is 3. The van der Waals surface area contributed by atoms with Crippen LogP contribution in [0.3, 0.4) is 0 Å². The molecular formula is C10H11NO3. The average molecular weight is 193 g/mol. The minimum atomic E-state index is -0.555. The third-order valence-corrected chi connectivity index (χ3v) is 1.65. The summed E-state index contributed by atoms with van der Waals surface area (Å²) in [5.41, 5.74) is 2.36. The van der Waals surface area contributed by atoms with E-state index < -0.39 is 5.91 Å². The van der Waals surface area contributed by atoms with Gasteiger partial charge in [-0.1, -0.05) is 12.1 Å². The van der Waals surface area contributed by atoms with Crippen molar-refractivity contribution >= 4 is 12.0 Å². The Morgan fingerprint density at radius 3 is 2.57 bits per heavy atom. The summed E-state index contributed by atoms with van der Waals surface area (Å²) in [7, 11) is 1.59. The number of nitrogens with one attached hydrogen (secondary N) is 1. The smallest absolute Gasteiger partial charge is 0.267 e. The van der Waals surface area contributed by atoms with Crippen LogP contribution in [0.1, 0.15) is 5.56 Å².